The van der Waals surface area contributed by atoms with Crippen molar-refractivity contribution in [2.24, 2.45) is 4.99 Å². The van der Waals surface area contributed by atoms with Gasteiger partial charge in [-0.15, -0.1) is 0 Å². The molecule has 21 heavy (non-hydrogen) atoms. The molecule has 0 spiro atoms. The van der Waals surface area contributed by atoms with Crippen molar-refractivity contribution in [3.63, 3.8) is 0 Å². The third kappa shape index (κ3) is 4.49. The van der Waals surface area contributed by atoms with Crippen molar-refractivity contribution in [1.29, 1.82) is 0 Å². The molecule has 0 amide bonds. The number of thiocarbonyl (C=S) groups is 1. The van der Waals surface area contributed by atoms with E-state index in [1.807, 2.05) is 24.3 Å². The number of aliphatic imine (C=N–C) groups is 1. The highest BCUT2D eigenvalue weighted by Gasteiger charge is 2.05. The molecule has 5 nitrogen and oxygen atoms in total. The second-order valence-corrected chi connectivity index (χ2v) is 4.33. The molecule has 0 aliphatic heterocycles. The highest BCUT2D eigenvalue weighted by Crippen LogP contribution is 2.14. The maximum absolute atomic E-state index is 10.8. The molecule has 0 aliphatic rings. The number of pyridine rings is 1. The van der Waals surface area contributed by atoms with Crippen LogP contribution in [0.3, 0.4) is 0 Å². The van der Waals surface area contributed by atoms with Crippen LogP contribution in [0.5, 0.6) is 5.75 Å². The first-order valence-electron chi connectivity index (χ1n) is 6.18. The van der Waals surface area contributed by atoms with E-state index >= 15 is 0 Å². The van der Waals surface area contributed by atoms with Crippen molar-refractivity contribution in [3.05, 3.63) is 53.9 Å². The number of carboxylic acid groups (broad SMARTS) is 1. The number of hydrogen-bond acceptors (Lipinski definition) is 5. The molecule has 0 radical (unpaired) electrons. The van der Waals surface area contributed by atoms with Gasteiger partial charge in [0.15, 0.2) is 5.69 Å². The first kappa shape index (κ1) is 14.8. The molecule has 0 saturated heterocycles. The van der Waals surface area contributed by atoms with E-state index in [2.05, 4.69) is 27.4 Å². The van der Waals surface area contributed by atoms with Gasteiger partial charge in [-0.2, -0.15) is 4.99 Å². The number of aromatic carboxylic acids is 1. The average molecular weight is 300 g/mol. The Hall–Kier alpha value is -2.56. The number of carboxylic acids is 1. The third-order valence-corrected chi connectivity index (χ3v) is 2.81. The summed E-state index contributed by atoms with van der Waals surface area (Å²) in [6, 6.07) is 10.6. The molecule has 0 fully saturated rings. The summed E-state index contributed by atoms with van der Waals surface area (Å²) in [5, 5.41) is 11.2. The number of rotatable bonds is 6. The molecule has 2 rings (SSSR count). The number of hydrogen-bond donors (Lipinski definition) is 1. The van der Waals surface area contributed by atoms with Crippen LogP contribution in [0, 0.1) is 0 Å². The first-order chi connectivity index (χ1) is 10.2. The molecule has 0 saturated carbocycles. The largest absolute Gasteiger partial charge is 0.493 e. The molecule has 0 atom stereocenters. The van der Waals surface area contributed by atoms with Crippen LogP contribution in [-0.2, 0) is 6.42 Å². The van der Waals surface area contributed by atoms with Gasteiger partial charge in [-0.05, 0) is 36.0 Å². The monoisotopic (exact) mass is 300 g/mol. The van der Waals surface area contributed by atoms with E-state index in [1.165, 1.54) is 12.3 Å². The molecule has 1 aromatic carbocycles. The van der Waals surface area contributed by atoms with E-state index < -0.39 is 5.97 Å². The summed E-state index contributed by atoms with van der Waals surface area (Å²) in [6.45, 7) is 0.443. The van der Waals surface area contributed by atoms with Gasteiger partial charge in [0.25, 0.3) is 0 Å². The number of carbonyl (C=O) groups is 1. The third-order valence-electron chi connectivity index (χ3n) is 2.72. The molecule has 0 aliphatic carbocycles. The van der Waals surface area contributed by atoms with Gasteiger partial charge in [-0.1, -0.05) is 12.1 Å². The minimum atomic E-state index is -1.07. The zero-order valence-electron chi connectivity index (χ0n) is 11.0. The van der Waals surface area contributed by atoms with Gasteiger partial charge in [0, 0.05) is 18.7 Å². The molecular weight excluding hydrogens is 288 g/mol. The summed E-state index contributed by atoms with van der Waals surface area (Å²) in [5.74, 6) is -0.584. The minimum Gasteiger partial charge on any atom is -0.493 e. The Bertz CT molecular complexity index is 680. The summed E-state index contributed by atoms with van der Waals surface area (Å²) >= 11 is 4.54. The number of aromatic nitrogens is 1. The van der Waals surface area contributed by atoms with Gasteiger partial charge in [-0.25, -0.2) is 9.78 Å². The predicted molar refractivity (Wildman–Crippen MR) is 81.5 cm³/mol. The SMILES string of the molecule is O=C(O)c1cc(OCCc2ccc(N=C=S)cc2)ccn1. The lowest BCUT2D eigenvalue weighted by Crippen LogP contribution is -2.04. The van der Waals surface area contributed by atoms with Gasteiger partial charge in [0.1, 0.15) is 5.75 Å². The molecule has 1 aromatic heterocycles. The molecule has 1 heterocycles. The quantitative estimate of drug-likeness (QED) is 0.655. The number of nitrogens with zero attached hydrogens (tertiary/aromatic N) is 2. The van der Waals surface area contributed by atoms with Crippen molar-refractivity contribution in [3.8, 4) is 5.75 Å². The second kappa shape index (κ2) is 7.28. The fraction of sp³-hybridized carbons (Fsp3) is 0.133. The molecule has 2 aromatic rings. The summed E-state index contributed by atoms with van der Waals surface area (Å²) in [5.41, 5.74) is 1.82. The van der Waals surface area contributed by atoms with Crippen LogP contribution < -0.4 is 4.74 Å². The molecule has 106 valence electrons. The van der Waals surface area contributed by atoms with Gasteiger partial charge >= 0.3 is 5.97 Å². The minimum absolute atomic E-state index is 0.0325. The normalized spacial score (nSPS) is 9.71. The van der Waals surface area contributed by atoms with Crippen LogP contribution in [0.2, 0.25) is 0 Å². The Labute approximate surface area is 126 Å². The summed E-state index contributed by atoms with van der Waals surface area (Å²) in [4.78, 5) is 18.4. The fourth-order valence-corrected chi connectivity index (χ4v) is 1.80. The van der Waals surface area contributed by atoms with E-state index in [0.717, 1.165) is 11.3 Å². The van der Waals surface area contributed by atoms with E-state index in [-0.39, 0.29) is 5.69 Å². The molecule has 0 bridgehead atoms. The smallest absolute Gasteiger partial charge is 0.354 e. The molecular formula is C15H12N2O3S. The lowest BCUT2D eigenvalue weighted by atomic mass is 10.1. The predicted octanol–water partition coefficient (Wildman–Crippen LogP) is 3.14. The number of isothiocyanates is 1. The van der Waals surface area contributed by atoms with Gasteiger partial charge in [0.2, 0.25) is 0 Å². The zero-order valence-corrected chi connectivity index (χ0v) is 11.8. The van der Waals surface area contributed by atoms with Crippen LogP contribution in [0.15, 0.2) is 47.6 Å². The van der Waals surface area contributed by atoms with Gasteiger partial charge < -0.3 is 9.84 Å². The lowest BCUT2D eigenvalue weighted by Gasteiger charge is -2.06. The highest BCUT2D eigenvalue weighted by molar-refractivity contribution is 7.78. The van der Waals surface area contributed by atoms with Crippen molar-refractivity contribution in [2.45, 2.75) is 6.42 Å². The number of ether oxygens (including phenoxy) is 1. The van der Waals surface area contributed by atoms with Crippen molar-refractivity contribution >= 4 is 29.0 Å². The fourth-order valence-electron chi connectivity index (χ4n) is 1.69. The summed E-state index contributed by atoms with van der Waals surface area (Å²) < 4.78 is 5.52. The Morgan fingerprint density at radius 1 is 1.33 bits per heavy atom. The molecule has 0 unspecified atom stereocenters. The summed E-state index contributed by atoms with van der Waals surface area (Å²) in [7, 11) is 0. The van der Waals surface area contributed by atoms with Crippen LogP contribution >= 0.6 is 12.2 Å². The standard InChI is InChI=1S/C15H12N2O3S/c18-15(19)14-9-13(5-7-16-14)20-8-6-11-1-3-12(4-2-11)17-10-21/h1-5,7,9H,6,8H2,(H,18,19). The lowest BCUT2D eigenvalue weighted by molar-refractivity contribution is 0.0690. The van der Waals surface area contributed by atoms with E-state index in [9.17, 15) is 4.79 Å². The average Bonchev–Trinajstić information content (AvgIpc) is 2.50. The first-order valence-corrected chi connectivity index (χ1v) is 6.59. The van der Waals surface area contributed by atoms with Crippen LogP contribution in [0.25, 0.3) is 0 Å². The highest BCUT2D eigenvalue weighted by atomic mass is 32.1. The van der Waals surface area contributed by atoms with Gasteiger partial charge in [0.05, 0.1) is 17.5 Å². The molecule has 1 N–H and O–H groups in total. The van der Waals surface area contributed by atoms with Crippen LogP contribution in [0.1, 0.15) is 16.1 Å². The van der Waals surface area contributed by atoms with E-state index in [0.29, 0.717) is 18.8 Å². The Kier molecular flexibility index (Phi) is 5.15. The van der Waals surface area contributed by atoms with Crippen LogP contribution in [0.4, 0.5) is 5.69 Å². The van der Waals surface area contributed by atoms with E-state index in [1.54, 1.807) is 6.07 Å². The van der Waals surface area contributed by atoms with Crippen molar-refractivity contribution in [2.75, 3.05) is 6.61 Å². The Morgan fingerprint density at radius 3 is 2.76 bits per heavy atom. The van der Waals surface area contributed by atoms with E-state index in [4.69, 9.17) is 9.84 Å². The summed E-state index contributed by atoms with van der Waals surface area (Å²) in [6.07, 6.45) is 2.11. The Morgan fingerprint density at radius 2 is 2.10 bits per heavy atom. The van der Waals surface area contributed by atoms with Gasteiger partial charge in [-0.3, -0.25) is 0 Å². The second-order valence-electron chi connectivity index (χ2n) is 4.15. The topological polar surface area (TPSA) is 71.8 Å². The van der Waals surface area contributed by atoms with Crippen LogP contribution in [-0.4, -0.2) is 27.8 Å². The maximum Gasteiger partial charge on any atom is 0.354 e. The van der Waals surface area contributed by atoms with Crippen molar-refractivity contribution < 1.29 is 14.6 Å². The maximum atomic E-state index is 10.8. The van der Waals surface area contributed by atoms with Crippen molar-refractivity contribution in [1.82, 2.24) is 4.98 Å². The Balaban J connectivity index is 1.90. The zero-order chi connectivity index (χ0) is 15.1. The number of benzene rings is 1. The molecule has 6 heteroatoms.